The van der Waals surface area contributed by atoms with Crippen LogP contribution in [0.15, 0.2) is 23.5 Å². The zero-order valence-electron chi connectivity index (χ0n) is 11.9. The molecule has 0 spiro atoms. The van der Waals surface area contributed by atoms with E-state index < -0.39 is 0 Å². The molecule has 0 bridgehead atoms. The van der Waals surface area contributed by atoms with Crippen molar-refractivity contribution in [1.29, 1.82) is 0 Å². The van der Waals surface area contributed by atoms with Crippen molar-refractivity contribution in [2.45, 2.75) is 6.42 Å². The number of carbonyl (C=O) groups is 1. The lowest BCUT2D eigenvalue weighted by molar-refractivity contribution is 0.0688. The maximum Gasteiger partial charge on any atom is 0.269 e. The third-order valence-corrected chi connectivity index (χ3v) is 2.58. The first-order valence-electron chi connectivity index (χ1n) is 6.48. The number of amides is 1. The van der Waals surface area contributed by atoms with E-state index in [0.717, 1.165) is 0 Å². The number of rotatable bonds is 9. The molecule has 0 saturated heterocycles. The average molecular weight is 296 g/mol. The van der Waals surface area contributed by atoms with Gasteiger partial charge in [0.15, 0.2) is 5.84 Å². The fourth-order valence-electron chi connectivity index (χ4n) is 1.45. The van der Waals surface area contributed by atoms with Gasteiger partial charge in [0.25, 0.3) is 5.91 Å². The Bertz CT molecular complexity index is 462. The molecule has 0 atom stereocenters. The Morgan fingerprint density at radius 2 is 2.24 bits per heavy atom. The molecule has 0 aliphatic heterocycles. The first-order valence-corrected chi connectivity index (χ1v) is 6.48. The molecule has 0 aliphatic rings. The van der Waals surface area contributed by atoms with Crippen molar-refractivity contribution in [3.8, 4) is 0 Å². The molecule has 4 N–H and O–H groups in total. The lowest BCUT2D eigenvalue weighted by atomic mass is 10.2. The third kappa shape index (κ3) is 6.19. The summed E-state index contributed by atoms with van der Waals surface area (Å²) < 4.78 is 10.1. The lowest BCUT2D eigenvalue weighted by Crippen LogP contribution is -2.26. The molecule has 0 fully saturated rings. The monoisotopic (exact) mass is 296 g/mol. The van der Waals surface area contributed by atoms with E-state index in [1.807, 2.05) is 0 Å². The standard InChI is InChI=1S/C13H20N4O4/c1-20-7-8-21-6-2-5-15-13(18)11-4-3-10(9-16-11)12(14)17-19/h3-4,9,19H,2,5-8H2,1H3,(H2,14,17)(H,15,18). The van der Waals surface area contributed by atoms with E-state index in [4.69, 9.17) is 20.4 Å². The van der Waals surface area contributed by atoms with E-state index in [1.165, 1.54) is 12.3 Å². The zero-order valence-corrected chi connectivity index (χ0v) is 11.9. The number of carbonyl (C=O) groups excluding carboxylic acids is 1. The number of ether oxygens (including phenoxy) is 2. The minimum Gasteiger partial charge on any atom is -0.409 e. The highest BCUT2D eigenvalue weighted by atomic mass is 16.5. The molecule has 8 nitrogen and oxygen atoms in total. The van der Waals surface area contributed by atoms with Gasteiger partial charge in [-0.15, -0.1) is 0 Å². The van der Waals surface area contributed by atoms with Crippen LogP contribution in [0.2, 0.25) is 0 Å². The Labute approximate surface area is 122 Å². The van der Waals surface area contributed by atoms with Crippen LogP contribution in [0.5, 0.6) is 0 Å². The Balaban J connectivity index is 2.29. The number of nitrogens with zero attached hydrogens (tertiary/aromatic N) is 2. The molecule has 116 valence electrons. The fraction of sp³-hybridized carbons (Fsp3) is 0.462. The molecule has 0 saturated carbocycles. The maximum absolute atomic E-state index is 11.8. The molecule has 1 amide bonds. The van der Waals surface area contributed by atoms with Gasteiger partial charge in [0.05, 0.1) is 13.2 Å². The van der Waals surface area contributed by atoms with Crippen molar-refractivity contribution < 1.29 is 19.5 Å². The molecule has 1 aromatic heterocycles. The van der Waals surface area contributed by atoms with Gasteiger partial charge in [-0.2, -0.15) is 0 Å². The van der Waals surface area contributed by atoms with Gasteiger partial charge in [-0.3, -0.25) is 9.78 Å². The Kier molecular flexibility index (Phi) is 7.77. The normalized spacial score (nSPS) is 11.4. The molecule has 1 rings (SSSR count). The summed E-state index contributed by atoms with van der Waals surface area (Å²) in [5, 5.41) is 14.1. The first-order chi connectivity index (χ1) is 10.2. The molecular formula is C13H20N4O4. The van der Waals surface area contributed by atoms with E-state index in [1.54, 1.807) is 13.2 Å². The van der Waals surface area contributed by atoms with Gasteiger partial charge in [0.2, 0.25) is 0 Å². The summed E-state index contributed by atoms with van der Waals surface area (Å²) in [4.78, 5) is 15.7. The smallest absolute Gasteiger partial charge is 0.269 e. The van der Waals surface area contributed by atoms with E-state index >= 15 is 0 Å². The van der Waals surface area contributed by atoms with E-state index in [-0.39, 0.29) is 17.4 Å². The Morgan fingerprint density at radius 1 is 1.43 bits per heavy atom. The van der Waals surface area contributed by atoms with Crippen molar-refractivity contribution >= 4 is 11.7 Å². The summed E-state index contributed by atoms with van der Waals surface area (Å²) in [5.41, 5.74) is 6.12. The molecule has 0 unspecified atom stereocenters. The molecule has 1 heterocycles. The van der Waals surface area contributed by atoms with Crippen molar-refractivity contribution in [2.24, 2.45) is 10.9 Å². The van der Waals surface area contributed by atoms with Crippen LogP contribution < -0.4 is 11.1 Å². The van der Waals surface area contributed by atoms with Gasteiger partial charge in [0, 0.05) is 32.0 Å². The summed E-state index contributed by atoms with van der Waals surface area (Å²) in [6, 6.07) is 3.07. The van der Waals surface area contributed by atoms with Gasteiger partial charge in [0.1, 0.15) is 5.69 Å². The number of oxime groups is 1. The number of aromatic nitrogens is 1. The summed E-state index contributed by atoms with van der Waals surface area (Å²) in [6.45, 7) is 2.15. The molecule has 0 aromatic carbocycles. The molecule has 21 heavy (non-hydrogen) atoms. The second-order valence-electron chi connectivity index (χ2n) is 4.13. The van der Waals surface area contributed by atoms with E-state index in [9.17, 15) is 4.79 Å². The third-order valence-electron chi connectivity index (χ3n) is 2.58. The minimum absolute atomic E-state index is 0.0531. The van der Waals surface area contributed by atoms with Crippen molar-refractivity contribution in [1.82, 2.24) is 10.3 Å². The summed E-state index contributed by atoms with van der Waals surface area (Å²) in [5.74, 6) is -0.333. The van der Waals surface area contributed by atoms with E-state index in [2.05, 4.69) is 15.5 Å². The first kappa shape index (κ1) is 16.9. The van der Waals surface area contributed by atoms with E-state index in [0.29, 0.717) is 38.3 Å². The van der Waals surface area contributed by atoms with Gasteiger partial charge in [-0.1, -0.05) is 5.16 Å². The summed E-state index contributed by atoms with van der Waals surface area (Å²) >= 11 is 0. The Morgan fingerprint density at radius 3 is 2.86 bits per heavy atom. The maximum atomic E-state index is 11.8. The van der Waals surface area contributed by atoms with Crippen LogP contribution in [0, 0.1) is 0 Å². The van der Waals surface area contributed by atoms with Crippen molar-refractivity contribution in [3.63, 3.8) is 0 Å². The average Bonchev–Trinajstić information content (AvgIpc) is 2.53. The summed E-state index contributed by atoms with van der Waals surface area (Å²) in [6.07, 6.45) is 2.08. The number of hydrogen-bond donors (Lipinski definition) is 3. The van der Waals surface area contributed by atoms with Gasteiger partial charge >= 0.3 is 0 Å². The predicted octanol–water partition coefficient (Wildman–Crippen LogP) is -0.0410. The van der Waals surface area contributed by atoms with Crippen molar-refractivity contribution in [3.05, 3.63) is 29.6 Å². The lowest BCUT2D eigenvalue weighted by Gasteiger charge is -2.06. The van der Waals surface area contributed by atoms with Gasteiger partial charge < -0.3 is 25.7 Å². The number of amidine groups is 1. The number of hydrogen-bond acceptors (Lipinski definition) is 6. The van der Waals surface area contributed by atoms with Crippen LogP contribution in [0.4, 0.5) is 0 Å². The number of methoxy groups -OCH3 is 1. The van der Waals surface area contributed by atoms with Crippen LogP contribution in [0.25, 0.3) is 0 Å². The number of pyridine rings is 1. The highest BCUT2D eigenvalue weighted by Crippen LogP contribution is 2.00. The minimum atomic E-state index is -0.280. The Hall–Kier alpha value is -2.19. The van der Waals surface area contributed by atoms with Crippen LogP contribution in [0.3, 0.4) is 0 Å². The predicted molar refractivity (Wildman–Crippen MR) is 76.4 cm³/mol. The van der Waals surface area contributed by atoms with Crippen LogP contribution in [0.1, 0.15) is 22.5 Å². The fourth-order valence-corrected chi connectivity index (χ4v) is 1.45. The van der Waals surface area contributed by atoms with Crippen LogP contribution >= 0.6 is 0 Å². The molecule has 8 heteroatoms. The number of nitrogens with two attached hydrogens (primary N) is 1. The largest absolute Gasteiger partial charge is 0.409 e. The molecule has 0 aliphatic carbocycles. The number of nitrogens with one attached hydrogen (secondary N) is 1. The summed E-state index contributed by atoms with van der Waals surface area (Å²) in [7, 11) is 1.61. The van der Waals surface area contributed by atoms with Gasteiger partial charge in [-0.05, 0) is 18.6 Å². The highest BCUT2D eigenvalue weighted by Gasteiger charge is 2.07. The van der Waals surface area contributed by atoms with Crippen LogP contribution in [-0.2, 0) is 9.47 Å². The highest BCUT2D eigenvalue weighted by molar-refractivity contribution is 5.98. The zero-order chi connectivity index (χ0) is 15.5. The SMILES string of the molecule is COCCOCCCNC(=O)c1ccc(/C(N)=N/O)cn1. The molecular weight excluding hydrogens is 276 g/mol. The second-order valence-corrected chi connectivity index (χ2v) is 4.13. The van der Waals surface area contributed by atoms with Crippen LogP contribution in [-0.4, -0.2) is 55.4 Å². The molecule has 0 radical (unpaired) electrons. The second kappa shape index (κ2) is 9.67. The topological polar surface area (TPSA) is 119 Å². The van der Waals surface area contributed by atoms with Crippen molar-refractivity contribution in [2.75, 3.05) is 33.5 Å². The quantitative estimate of drug-likeness (QED) is 0.193. The molecule has 1 aromatic rings. The van der Waals surface area contributed by atoms with Gasteiger partial charge in [-0.25, -0.2) is 0 Å².